The monoisotopic (exact) mass is 769 g/mol. The van der Waals surface area contributed by atoms with E-state index in [0.717, 1.165) is 51.8 Å². The van der Waals surface area contributed by atoms with Gasteiger partial charge in [0, 0.05) is 34.5 Å². The molecule has 60 heavy (non-hydrogen) atoms. The first-order chi connectivity index (χ1) is 29.6. The van der Waals surface area contributed by atoms with Crippen LogP contribution < -0.4 is 0 Å². The van der Waals surface area contributed by atoms with Crippen LogP contribution in [0.25, 0.3) is 89.4 Å². The molecule has 1 fully saturated rings. The second kappa shape index (κ2) is 14.7. The summed E-state index contributed by atoms with van der Waals surface area (Å²) >= 11 is 0. The highest BCUT2D eigenvalue weighted by Gasteiger charge is 2.44. The molecule has 2 aliphatic rings. The fourth-order valence-electron chi connectivity index (χ4n) is 9.73. The van der Waals surface area contributed by atoms with Gasteiger partial charge in [-0.3, -0.25) is 4.98 Å². The predicted octanol–water partition coefficient (Wildman–Crippen LogP) is 13.5. The minimum atomic E-state index is 0.0104. The molecule has 284 valence electrons. The van der Waals surface area contributed by atoms with Gasteiger partial charge < -0.3 is 0 Å². The van der Waals surface area contributed by atoms with Gasteiger partial charge in [0.1, 0.15) is 0 Å². The van der Waals surface area contributed by atoms with Crippen molar-refractivity contribution in [1.29, 1.82) is 5.26 Å². The average Bonchev–Trinajstić information content (AvgIpc) is 3.58. The molecule has 1 saturated carbocycles. The van der Waals surface area contributed by atoms with Crippen LogP contribution in [-0.2, 0) is 5.41 Å². The van der Waals surface area contributed by atoms with Crippen LogP contribution in [0.3, 0.4) is 0 Å². The lowest BCUT2D eigenvalue weighted by Crippen LogP contribution is -2.28. The fraction of sp³-hybridized carbons (Fsp3) is 0.109. The van der Waals surface area contributed by atoms with Crippen molar-refractivity contribution in [3.05, 3.63) is 193 Å². The summed E-state index contributed by atoms with van der Waals surface area (Å²) in [5.41, 5.74) is 15.8. The molecule has 2 aromatic heterocycles. The smallest absolute Gasteiger partial charge is 0.164 e. The number of nitriles is 1. The van der Waals surface area contributed by atoms with Crippen molar-refractivity contribution in [2.75, 3.05) is 0 Å². The number of aromatic nitrogens is 4. The first-order valence-electron chi connectivity index (χ1n) is 20.8. The molecule has 1 spiro atoms. The van der Waals surface area contributed by atoms with Crippen molar-refractivity contribution in [2.45, 2.75) is 37.5 Å². The van der Waals surface area contributed by atoms with Crippen molar-refractivity contribution >= 4 is 10.8 Å². The van der Waals surface area contributed by atoms with E-state index in [1.165, 1.54) is 69.0 Å². The number of hydrogen-bond donors (Lipinski definition) is 0. The topological polar surface area (TPSA) is 75.3 Å². The minimum Gasteiger partial charge on any atom is -0.264 e. The Morgan fingerprint density at radius 2 is 0.967 bits per heavy atom. The molecule has 0 aliphatic heterocycles. The van der Waals surface area contributed by atoms with E-state index in [4.69, 9.17) is 15.0 Å². The van der Waals surface area contributed by atoms with Crippen LogP contribution in [0.4, 0.5) is 0 Å². The Morgan fingerprint density at radius 1 is 0.417 bits per heavy atom. The van der Waals surface area contributed by atoms with Gasteiger partial charge in [-0.25, -0.2) is 15.0 Å². The van der Waals surface area contributed by atoms with Crippen LogP contribution in [0.15, 0.2) is 176 Å². The largest absolute Gasteiger partial charge is 0.264 e. The number of pyridine rings is 1. The molecule has 0 unspecified atom stereocenters. The molecule has 0 N–H and O–H groups in total. The lowest BCUT2D eigenvalue weighted by molar-refractivity contribution is 0.353. The Hall–Kier alpha value is -7.55. The third kappa shape index (κ3) is 6.08. The molecule has 0 saturated heterocycles. The summed E-state index contributed by atoms with van der Waals surface area (Å²) in [6, 6.07) is 60.1. The van der Waals surface area contributed by atoms with Crippen LogP contribution in [0.5, 0.6) is 0 Å². The minimum absolute atomic E-state index is 0.0104. The van der Waals surface area contributed by atoms with Crippen LogP contribution >= 0.6 is 0 Å². The van der Waals surface area contributed by atoms with E-state index in [-0.39, 0.29) is 5.41 Å². The number of fused-ring (bicyclic) bond motifs is 6. The van der Waals surface area contributed by atoms with Gasteiger partial charge in [-0.15, -0.1) is 0 Å². The summed E-state index contributed by atoms with van der Waals surface area (Å²) in [5.74, 6) is 1.88. The molecule has 11 rings (SSSR count). The molecule has 2 aliphatic carbocycles. The Bertz CT molecular complexity index is 3110. The molecule has 0 atom stereocenters. The molecule has 0 bridgehead atoms. The van der Waals surface area contributed by atoms with E-state index < -0.39 is 0 Å². The van der Waals surface area contributed by atoms with Crippen molar-refractivity contribution in [2.24, 2.45) is 0 Å². The van der Waals surface area contributed by atoms with E-state index in [2.05, 4.69) is 132 Å². The molecule has 5 nitrogen and oxygen atoms in total. The van der Waals surface area contributed by atoms with Crippen LogP contribution in [0, 0.1) is 11.3 Å². The summed E-state index contributed by atoms with van der Waals surface area (Å²) in [7, 11) is 0. The van der Waals surface area contributed by atoms with Gasteiger partial charge in [0.15, 0.2) is 17.5 Å². The zero-order valence-electron chi connectivity index (χ0n) is 33.0. The predicted molar refractivity (Wildman–Crippen MR) is 242 cm³/mol. The fourth-order valence-corrected chi connectivity index (χ4v) is 9.73. The molecule has 7 aromatic carbocycles. The molecular weight excluding hydrogens is 731 g/mol. The molecule has 2 heterocycles. The Morgan fingerprint density at radius 3 is 1.60 bits per heavy atom. The summed E-state index contributed by atoms with van der Waals surface area (Å²) in [6.45, 7) is 0. The molecule has 9 aromatic rings. The van der Waals surface area contributed by atoms with Gasteiger partial charge in [-0.2, -0.15) is 5.26 Å². The summed E-state index contributed by atoms with van der Waals surface area (Å²) < 4.78 is 0. The molecule has 5 heteroatoms. The summed E-state index contributed by atoms with van der Waals surface area (Å²) in [6.07, 6.45) is 9.69. The lowest BCUT2D eigenvalue weighted by Gasteiger charge is -2.36. The standard InChI is InChI=1S/C55H39N5/c56-34-36-15-28-50-49(32-36)48-25-24-42(33-51(48)55(50)29-7-2-8-30-55)45-27-26-44(46-13-5-6-14-47(45)46)38-18-22-41(23-19-38)54-59-52(39-10-3-1-4-11-39)58-53(60-54)40-20-16-37(17-21-40)43-12-9-31-57-35-43/h1,3-6,9-28,31-33,35H,2,7-8,29-30H2. The summed E-state index contributed by atoms with van der Waals surface area (Å²) in [5, 5.41) is 12.2. The highest BCUT2D eigenvalue weighted by Crippen LogP contribution is 2.56. The Kier molecular flexibility index (Phi) is 8.71. The zero-order chi connectivity index (χ0) is 40.0. The van der Waals surface area contributed by atoms with Gasteiger partial charge in [-0.1, -0.05) is 159 Å². The van der Waals surface area contributed by atoms with E-state index >= 15 is 0 Å². The number of benzene rings is 7. The zero-order valence-corrected chi connectivity index (χ0v) is 33.0. The van der Waals surface area contributed by atoms with Crippen LogP contribution in [-0.4, -0.2) is 19.9 Å². The van der Waals surface area contributed by atoms with Gasteiger partial charge in [0.2, 0.25) is 0 Å². The van der Waals surface area contributed by atoms with E-state index in [1.807, 2.05) is 48.7 Å². The second-order valence-corrected chi connectivity index (χ2v) is 16.1. The molecule has 0 amide bonds. The Labute approximate surface area is 349 Å². The maximum absolute atomic E-state index is 9.76. The van der Waals surface area contributed by atoms with Gasteiger partial charge in [0.05, 0.1) is 11.6 Å². The lowest BCUT2D eigenvalue weighted by atomic mass is 9.67. The maximum atomic E-state index is 9.76. The van der Waals surface area contributed by atoms with Crippen molar-refractivity contribution in [3.8, 4) is 84.7 Å². The third-order valence-corrected chi connectivity index (χ3v) is 12.7. The van der Waals surface area contributed by atoms with Crippen LogP contribution in [0.2, 0.25) is 0 Å². The van der Waals surface area contributed by atoms with Gasteiger partial charge >= 0.3 is 0 Å². The van der Waals surface area contributed by atoms with Gasteiger partial charge in [0.25, 0.3) is 0 Å². The average molecular weight is 770 g/mol. The normalized spacial score (nSPS) is 13.8. The van der Waals surface area contributed by atoms with Crippen LogP contribution in [0.1, 0.15) is 48.8 Å². The number of hydrogen-bond acceptors (Lipinski definition) is 5. The van der Waals surface area contributed by atoms with Gasteiger partial charge in [-0.05, 0) is 104 Å². The van der Waals surface area contributed by atoms with Crippen molar-refractivity contribution in [3.63, 3.8) is 0 Å². The SMILES string of the molecule is N#Cc1ccc2c(c1)-c1ccc(-c3ccc(-c4ccc(-c5nc(-c6ccccc6)nc(-c6ccc(-c7cccnc7)cc6)n5)cc4)c4ccccc34)cc1C21CCCCC1. The van der Waals surface area contributed by atoms with Crippen molar-refractivity contribution in [1.82, 2.24) is 19.9 Å². The molecular formula is C55H39N5. The van der Waals surface area contributed by atoms with E-state index in [9.17, 15) is 5.26 Å². The Balaban J connectivity index is 0.956. The van der Waals surface area contributed by atoms with E-state index in [1.54, 1.807) is 6.20 Å². The quantitative estimate of drug-likeness (QED) is 0.168. The second-order valence-electron chi connectivity index (χ2n) is 16.1. The first-order valence-corrected chi connectivity index (χ1v) is 20.8. The van der Waals surface area contributed by atoms with Crippen molar-refractivity contribution < 1.29 is 0 Å². The molecule has 0 radical (unpaired) electrons. The third-order valence-electron chi connectivity index (χ3n) is 12.7. The highest BCUT2D eigenvalue weighted by atomic mass is 15.0. The summed E-state index contributed by atoms with van der Waals surface area (Å²) in [4.78, 5) is 19.3. The number of nitrogens with zero attached hydrogens (tertiary/aromatic N) is 5. The first kappa shape index (κ1) is 35.6. The van der Waals surface area contributed by atoms with E-state index in [0.29, 0.717) is 17.5 Å². The maximum Gasteiger partial charge on any atom is 0.164 e. The highest BCUT2D eigenvalue weighted by molar-refractivity contribution is 6.05. The number of rotatable bonds is 6.